The van der Waals surface area contributed by atoms with Crippen LogP contribution in [0.5, 0.6) is 0 Å². The first-order valence-corrected chi connectivity index (χ1v) is 3.02. The van der Waals surface area contributed by atoms with E-state index >= 15 is 0 Å². The molecule has 4 nitrogen and oxygen atoms in total. The first kappa shape index (κ1) is 8.72. The van der Waals surface area contributed by atoms with E-state index in [-0.39, 0.29) is 12.6 Å². The Hall–Kier alpha value is -1.28. The van der Waals surface area contributed by atoms with Crippen LogP contribution in [-0.4, -0.2) is 25.1 Å². The summed E-state index contributed by atoms with van der Waals surface area (Å²) in [5, 5.41) is 4.92. The van der Waals surface area contributed by atoms with Crippen molar-refractivity contribution in [3.8, 4) is 0 Å². The van der Waals surface area contributed by atoms with Crippen LogP contribution in [0.2, 0.25) is 0 Å². The van der Waals surface area contributed by atoms with E-state index in [4.69, 9.17) is 0 Å². The number of urea groups is 1. The van der Waals surface area contributed by atoms with Gasteiger partial charge in [-0.2, -0.15) is 0 Å². The number of carbonyl (C=O) groups is 1. The van der Waals surface area contributed by atoms with Crippen molar-refractivity contribution in [2.24, 2.45) is 0 Å². The Morgan fingerprint density at radius 3 is 2.80 bits per heavy atom. The van der Waals surface area contributed by atoms with Crippen LogP contribution in [-0.2, 0) is 4.79 Å². The summed E-state index contributed by atoms with van der Waals surface area (Å²) in [5.74, 6) is 1.55. The third-order valence-electron chi connectivity index (χ3n) is 0.785. The minimum absolute atomic E-state index is 0.231. The molecular formula is C6H10N2O2. The normalized spacial score (nSPS) is 7.70. The molecule has 0 bridgehead atoms. The molecule has 0 heterocycles. The molecule has 0 fully saturated rings. The van der Waals surface area contributed by atoms with E-state index in [0.717, 1.165) is 0 Å². The minimum atomic E-state index is -0.269. The van der Waals surface area contributed by atoms with Gasteiger partial charge >= 0.3 is 6.03 Å². The van der Waals surface area contributed by atoms with E-state index in [1.165, 1.54) is 6.08 Å². The smallest absolute Gasteiger partial charge is 0.315 e. The Kier molecular flexibility index (Phi) is 5.10. The van der Waals surface area contributed by atoms with Crippen molar-refractivity contribution in [3.05, 3.63) is 6.08 Å². The molecule has 0 aromatic carbocycles. The number of carbonyl (C=O) groups excluding carboxylic acids is 2. The molecule has 0 aliphatic heterocycles. The first-order chi connectivity index (χ1) is 4.81. The van der Waals surface area contributed by atoms with E-state index in [0.29, 0.717) is 6.54 Å². The zero-order chi connectivity index (χ0) is 7.82. The van der Waals surface area contributed by atoms with E-state index in [1.807, 2.05) is 6.92 Å². The summed E-state index contributed by atoms with van der Waals surface area (Å²) in [7, 11) is 0. The highest BCUT2D eigenvalue weighted by molar-refractivity contribution is 5.74. The lowest BCUT2D eigenvalue weighted by molar-refractivity contribution is 0.242. The molecule has 10 heavy (non-hydrogen) atoms. The van der Waals surface area contributed by atoms with Gasteiger partial charge < -0.3 is 10.6 Å². The highest BCUT2D eigenvalue weighted by Crippen LogP contribution is 1.63. The molecule has 0 aromatic heterocycles. The van der Waals surface area contributed by atoms with Gasteiger partial charge in [0.1, 0.15) is 5.94 Å². The lowest BCUT2D eigenvalue weighted by Gasteiger charge is -2.00. The van der Waals surface area contributed by atoms with Crippen molar-refractivity contribution >= 4 is 12.0 Å². The molecule has 0 radical (unpaired) electrons. The number of rotatable bonds is 3. The second-order valence-corrected chi connectivity index (χ2v) is 1.56. The Bertz CT molecular complexity index is 150. The summed E-state index contributed by atoms with van der Waals surface area (Å²) in [6.45, 7) is 2.63. The molecule has 0 saturated carbocycles. The number of amides is 2. The summed E-state index contributed by atoms with van der Waals surface area (Å²) in [4.78, 5) is 20.1. The molecule has 56 valence electrons. The second kappa shape index (κ2) is 5.85. The highest BCUT2D eigenvalue weighted by Gasteiger charge is 1.91. The van der Waals surface area contributed by atoms with Crippen LogP contribution in [0.4, 0.5) is 4.79 Å². The molecule has 4 heteroatoms. The van der Waals surface area contributed by atoms with Gasteiger partial charge in [0.25, 0.3) is 0 Å². The maximum Gasteiger partial charge on any atom is 0.315 e. The standard InChI is InChI=1S/C6H10N2O2/c1-2-7-6(10)8-4-3-5-9/h3H,2,4H2,1H3,(H2,7,8,10). The highest BCUT2D eigenvalue weighted by atomic mass is 16.2. The molecule has 2 amide bonds. The lowest BCUT2D eigenvalue weighted by Crippen LogP contribution is -2.35. The number of hydrogen-bond acceptors (Lipinski definition) is 2. The van der Waals surface area contributed by atoms with E-state index in [2.05, 4.69) is 10.6 Å². The van der Waals surface area contributed by atoms with Crippen molar-refractivity contribution in [2.75, 3.05) is 13.1 Å². The average Bonchev–Trinajstić information content (AvgIpc) is 1.89. The SMILES string of the molecule is CCNC(=O)NCC=C=O. The predicted octanol–water partition coefficient (Wildman–Crippen LogP) is -0.307. The molecule has 0 atom stereocenters. The number of nitrogens with one attached hydrogen (secondary N) is 2. The summed E-state index contributed by atoms with van der Waals surface area (Å²) >= 11 is 0. The van der Waals surface area contributed by atoms with E-state index < -0.39 is 0 Å². The maximum atomic E-state index is 10.5. The molecule has 0 rings (SSSR count). The van der Waals surface area contributed by atoms with Crippen LogP contribution in [0.1, 0.15) is 6.92 Å². The van der Waals surface area contributed by atoms with E-state index in [9.17, 15) is 9.59 Å². The van der Waals surface area contributed by atoms with Crippen LogP contribution in [0, 0.1) is 0 Å². The molecule has 0 aromatic rings. The van der Waals surface area contributed by atoms with Gasteiger partial charge in [-0.05, 0) is 6.92 Å². The number of hydrogen-bond donors (Lipinski definition) is 2. The van der Waals surface area contributed by atoms with Gasteiger partial charge in [-0.15, -0.1) is 0 Å². The van der Waals surface area contributed by atoms with Gasteiger partial charge in [-0.25, -0.2) is 9.59 Å². The van der Waals surface area contributed by atoms with Crippen LogP contribution >= 0.6 is 0 Å². The van der Waals surface area contributed by atoms with Crippen LogP contribution in [0.3, 0.4) is 0 Å². The summed E-state index contributed by atoms with van der Waals surface area (Å²) in [5.41, 5.74) is 0. The third kappa shape index (κ3) is 4.87. The maximum absolute atomic E-state index is 10.5. The Morgan fingerprint density at radius 2 is 2.30 bits per heavy atom. The van der Waals surface area contributed by atoms with Crippen LogP contribution in [0.25, 0.3) is 0 Å². The van der Waals surface area contributed by atoms with Crippen LogP contribution in [0.15, 0.2) is 6.08 Å². The van der Waals surface area contributed by atoms with Gasteiger partial charge in [0, 0.05) is 19.2 Å². The molecule has 0 aliphatic rings. The molecule has 2 N–H and O–H groups in total. The first-order valence-electron chi connectivity index (χ1n) is 3.02. The average molecular weight is 142 g/mol. The van der Waals surface area contributed by atoms with Crippen molar-refractivity contribution in [3.63, 3.8) is 0 Å². The largest absolute Gasteiger partial charge is 0.338 e. The summed E-state index contributed by atoms with van der Waals surface area (Å²) in [6, 6.07) is -0.269. The monoisotopic (exact) mass is 142 g/mol. The van der Waals surface area contributed by atoms with Crippen molar-refractivity contribution in [2.45, 2.75) is 6.92 Å². The molecule has 0 aliphatic carbocycles. The predicted molar refractivity (Wildman–Crippen MR) is 37.3 cm³/mol. The second-order valence-electron chi connectivity index (χ2n) is 1.56. The zero-order valence-corrected chi connectivity index (χ0v) is 5.81. The van der Waals surface area contributed by atoms with Gasteiger partial charge in [-0.3, -0.25) is 0 Å². The van der Waals surface area contributed by atoms with Gasteiger partial charge in [0.15, 0.2) is 0 Å². The van der Waals surface area contributed by atoms with E-state index in [1.54, 1.807) is 5.94 Å². The third-order valence-corrected chi connectivity index (χ3v) is 0.785. The Morgan fingerprint density at radius 1 is 1.60 bits per heavy atom. The summed E-state index contributed by atoms with van der Waals surface area (Å²) < 4.78 is 0. The topological polar surface area (TPSA) is 58.2 Å². The van der Waals surface area contributed by atoms with Gasteiger partial charge in [-0.1, -0.05) is 0 Å². The molecule has 0 spiro atoms. The lowest BCUT2D eigenvalue weighted by atomic mass is 10.6. The zero-order valence-electron chi connectivity index (χ0n) is 5.81. The fourth-order valence-electron chi connectivity index (χ4n) is 0.408. The fraction of sp³-hybridized carbons (Fsp3) is 0.500. The van der Waals surface area contributed by atoms with Crippen molar-refractivity contribution in [1.29, 1.82) is 0 Å². The molecule has 0 saturated heterocycles. The Balaban J connectivity index is 3.30. The van der Waals surface area contributed by atoms with Crippen molar-refractivity contribution < 1.29 is 9.59 Å². The quantitative estimate of drug-likeness (QED) is 0.531. The Labute approximate surface area is 59.3 Å². The summed E-state index contributed by atoms with van der Waals surface area (Å²) in [6.07, 6.45) is 1.20. The molecule has 0 unspecified atom stereocenters. The van der Waals surface area contributed by atoms with Crippen molar-refractivity contribution in [1.82, 2.24) is 10.6 Å². The van der Waals surface area contributed by atoms with Crippen LogP contribution < -0.4 is 10.6 Å². The van der Waals surface area contributed by atoms with Gasteiger partial charge in [0.05, 0.1) is 0 Å². The van der Waals surface area contributed by atoms with Gasteiger partial charge in [0.2, 0.25) is 0 Å². The minimum Gasteiger partial charge on any atom is -0.338 e. The fourth-order valence-corrected chi connectivity index (χ4v) is 0.408. The molecular weight excluding hydrogens is 132 g/mol.